The second kappa shape index (κ2) is 9.21. The van der Waals surface area contributed by atoms with E-state index in [4.69, 9.17) is 14.4 Å². The average molecular weight is 493 g/mol. The summed E-state index contributed by atoms with van der Waals surface area (Å²) in [6.45, 7) is 10.8. The predicted octanol–water partition coefficient (Wildman–Crippen LogP) is 7.47. The second-order valence-corrected chi connectivity index (χ2v) is 10.6. The molecule has 1 N–H and O–H groups in total. The summed E-state index contributed by atoms with van der Waals surface area (Å²) in [6.07, 6.45) is 5.53. The number of para-hydroxylation sites is 2. The van der Waals surface area contributed by atoms with Gasteiger partial charge in [-0.1, -0.05) is 52.0 Å². The summed E-state index contributed by atoms with van der Waals surface area (Å²) in [5, 5.41) is 0. The second-order valence-electron chi connectivity index (χ2n) is 10.6. The Bertz CT molecular complexity index is 1630. The van der Waals surface area contributed by atoms with E-state index in [2.05, 4.69) is 78.8 Å². The highest BCUT2D eigenvalue weighted by Crippen LogP contribution is 2.37. The Morgan fingerprint density at radius 2 is 1.70 bits per heavy atom. The minimum atomic E-state index is 0.112. The maximum Gasteiger partial charge on any atom is 0.198 e. The summed E-state index contributed by atoms with van der Waals surface area (Å²) >= 11 is 0. The third kappa shape index (κ3) is 4.12. The van der Waals surface area contributed by atoms with E-state index < -0.39 is 0 Å². The van der Waals surface area contributed by atoms with Crippen LogP contribution in [0.3, 0.4) is 0 Å². The van der Waals surface area contributed by atoms with Gasteiger partial charge in [0.05, 0.1) is 28.5 Å². The van der Waals surface area contributed by atoms with Crippen molar-refractivity contribution in [3.05, 3.63) is 71.4 Å². The number of aliphatic imine (C=N–C) groups is 1. The van der Waals surface area contributed by atoms with Crippen molar-refractivity contribution in [1.29, 1.82) is 0 Å². The zero-order valence-corrected chi connectivity index (χ0v) is 22.0. The number of hydrogen-bond acceptors (Lipinski definition) is 6. The van der Waals surface area contributed by atoms with Gasteiger partial charge < -0.3 is 9.40 Å². The highest BCUT2D eigenvalue weighted by molar-refractivity contribution is 6.00. The Labute approximate surface area is 216 Å². The zero-order chi connectivity index (χ0) is 25.7. The topological polar surface area (TPSA) is 92.8 Å². The van der Waals surface area contributed by atoms with Crippen LogP contribution in [-0.2, 0) is 0 Å². The molecule has 2 aromatic carbocycles. The van der Waals surface area contributed by atoms with E-state index in [1.165, 1.54) is 0 Å². The molecule has 7 heteroatoms. The van der Waals surface area contributed by atoms with E-state index in [0.29, 0.717) is 11.8 Å². The summed E-state index contributed by atoms with van der Waals surface area (Å²) in [6, 6.07) is 12.5. The lowest BCUT2D eigenvalue weighted by molar-refractivity contribution is 0.451. The fraction of sp³-hybridized carbons (Fsp3) is 0.367. The van der Waals surface area contributed by atoms with Crippen LogP contribution < -0.4 is 0 Å². The minimum Gasteiger partial charge on any atom is -0.440 e. The zero-order valence-electron chi connectivity index (χ0n) is 22.0. The molecule has 188 valence electrons. The van der Waals surface area contributed by atoms with Gasteiger partial charge in [-0.15, -0.1) is 0 Å². The molecule has 6 rings (SSSR count). The van der Waals surface area contributed by atoms with E-state index in [0.717, 1.165) is 74.8 Å². The predicted molar refractivity (Wildman–Crippen MR) is 147 cm³/mol. The van der Waals surface area contributed by atoms with E-state index in [-0.39, 0.29) is 12.0 Å². The molecule has 3 aromatic heterocycles. The van der Waals surface area contributed by atoms with Gasteiger partial charge in [0.15, 0.2) is 11.5 Å². The molecule has 3 atom stereocenters. The van der Waals surface area contributed by atoms with Gasteiger partial charge in [0.2, 0.25) is 0 Å². The number of aromatic nitrogens is 5. The number of oxazole rings is 1. The number of benzene rings is 2. The van der Waals surface area contributed by atoms with Gasteiger partial charge in [0.1, 0.15) is 17.7 Å². The minimum absolute atomic E-state index is 0.112. The summed E-state index contributed by atoms with van der Waals surface area (Å²) < 4.78 is 6.45. The van der Waals surface area contributed by atoms with E-state index >= 15 is 0 Å². The number of nitrogens with zero attached hydrogens (tertiary/aromatic N) is 5. The van der Waals surface area contributed by atoms with Gasteiger partial charge >= 0.3 is 0 Å². The van der Waals surface area contributed by atoms with Crippen LogP contribution >= 0.6 is 0 Å². The Kier molecular flexibility index (Phi) is 5.86. The fourth-order valence-electron chi connectivity index (χ4n) is 5.23. The molecule has 4 heterocycles. The van der Waals surface area contributed by atoms with Crippen molar-refractivity contribution in [2.24, 2.45) is 4.99 Å². The molecule has 3 unspecified atom stereocenters. The number of fused-ring (bicyclic) bond motifs is 3. The van der Waals surface area contributed by atoms with Crippen molar-refractivity contribution < 1.29 is 4.42 Å². The average Bonchev–Trinajstić information content (AvgIpc) is 3.63. The molecule has 7 nitrogen and oxygen atoms in total. The molecule has 0 radical (unpaired) electrons. The number of rotatable bonds is 7. The van der Waals surface area contributed by atoms with Gasteiger partial charge in [-0.25, -0.2) is 19.9 Å². The SMILES string of the molecule is CC(C)c1nc2c(-c3cccc4nc(C(C)CCC(C)c5ncnc6c5C=NC6C)oc34)cccc2[nH]1. The standard InChI is InChI=1S/C30H32N6O/c1-16(2)29-34-23-10-6-8-20(27(23)36-29)21-9-7-11-24-28(21)37-30(35-24)18(4)13-12-17(3)25-22-14-31-19(5)26(22)33-15-32-25/h6-11,14-19H,12-13H2,1-5H3,(H,34,36). The lowest BCUT2D eigenvalue weighted by atomic mass is 9.92. The summed E-state index contributed by atoms with van der Waals surface area (Å²) in [4.78, 5) is 26.8. The quantitative estimate of drug-likeness (QED) is 0.254. The fourth-order valence-corrected chi connectivity index (χ4v) is 5.23. The van der Waals surface area contributed by atoms with Gasteiger partial charge in [-0.2, -0.15) is 0 Å². The monoisotopic (exact) mass is 492 g/mol. The van der Waals surface area contributed by atoms with Crippen LogP contribution in [0.15, 0.2) is 52.1 Å². The number of aromatic amines is 1. The lowest BCUT2D eigenvalue weighted by Gasteiger charge is -2.15. The summed E-state index contributed by atoms with van der Waals surface area (Å²) in [5.74, 6) is 2.57. The largest absolute Gasteiger partial charge is 0.440 e. The maximum atomic E-state index is 6.45. The van der Waals surface area contributed by atoms with E-state index in [1.807, 2.05) is 18.3 Å². The summed E-state index contributed by atoms with van der Waals surface area (Å²) in [5.41, 5.74) is 8.99. The number of nitrogens with one attached hydrogen (secondary N) is 1. The molecule has 0 saturated heterocycles. The van der Waals surface area contributed by atoms with Gasteiger partial charge in [-0.3, -0.25) is 4.99 Å². The van der Waals surface area contributed by atoms with Crippen molar-refractivity contribution in [3.8, 4) is 11.1 Å². The van der Waals surface area contributed by atoms with Gasteiger partial charge in [0, 0.05) is 34.7 Å². The molecular weight excluding hydrogens is 460 g/mol. The molecular formula is C30H32N6O. The molecule has 1 aliphatic rings. The Morgan fingerprint density at radius 1 is 0.919 bits per heavy atom. The van der Waals surface area contributed by atoms with Crippen LogP contribution in [0.25, 0.3) is 33.3 Å². The van der Waals surface area contributed by atoms with Crippen molar-refractivity contribution >= 4 is 28.3 Å². The third-order valence-corrected chi connectivity index (χ3v) is 7.49. The smallest absolute Gasteiger partial charge is 0.198 e. The highest BCUT2D eigenvalue weighted by atomic mass is 16.3. The van der Waals surface area contributed by atoms with Crippen molar-refractivity contribution in [1.82, 2.24) is 24.9 Å². The normalized spacial score (nSPS) is 16.6. The first-order valence-corrected chi connectivity index (χ1v) is 13.2. The van der Waals surface area contributed by atoms with E-state index in [1.54, 1.807) is 6.33 Å². The van der Waals surface area contributed by atoms with Crippen LogP contribution in [0.4, 0.5) is 0 Å². The van der Waals surface area contributed by atoms with Crippen LogP contribution in [0, 0.1) is 0 Å². The van der Waals surface area contributed by atoms with Crippen LogP contribution in [-0.4, -0.2) is 31.1 Å². The van der Waals surface area contributed by atoms with Gasteiger partial charge in [-0.05, 0) is 37.8 Å². The molecule has 0 amide bonds. The molecule has 0 saturated carbocycles. The van der Waals surface area contributed by atoms with Crippen molar-refractivity contribution in [2.75, 3.05) is 0 Å². The van der Waals surface area contributed by atoms with Crippen LogP contribution in [0.1, 0.15) is 99.9 Å². The lowest BCUT2D eigenvalue weighted by Crippen LogP contribution is -2.07. The molecule has 0 aliphatic carbocycles. The Hall–Kier alpha value is -3.87. The first-order valence-electron chi connectivity index (χ1n) is 13.2. The van der Waals surface area contributed by atoms with Crippen molar-refractivity contribution in [3.63, 3.8) is 0 Å². The first kappa shape index (κ1) is 23.5. The van der Waals surface area contributed by atoms with Crippen LogP contribution in [0.5, 0.6) is 0 Å². The van der Waals surface area contributed by atoms with Crippen molar-refractivity contribution in [2.45, 2.75) is 71.3 Å². The van der Waals surface area contributed by atoms with Gasteiger partial charge in [0.25, 0.3) is 0 Å². The van der Waals surface area contributed by atoms with E-state index in [9.17, 15) is 0 Å². The van der Waals surface area contributed by atoms with Crippen LogP contribution in [0.2, 0.25) is 0 Å². The summed E-state index contributed by atoms with van der Waals surface area (Å²) in [7, 11) is 0. The first-order chi connectivity index (χ1) is 17.9. The number of hydrogen-bond donors (Lipinski definition) is 1. The third-order valence-electron chi connectivity index (χ3n) is 7.49. The Balaban J connectivity index is 1.27. The number of H-pyrrole nitrogens is 1. The maximum absolute atomic E-state index is 6.45. The highest BCUT2D eigenvalue weighted by Gasteiger charge is 2.24. The molecule has 1 aliphatic heterocycles. The Morgan fingerprint density at radius 3 is 2.54 bits per heavy atom. The molecule has 0 fully saturated rings. The number of imidazole rings is 1. The molecule has 37 heavy (non-hydrogen) atoms. The molecule has 0 spiro atoms. The molecule has 5 aromatic rings. The molecule has 0 bridgehead atoms.